The molecule has 0 saturated heterocycles. The molecule has 2 aromatic rings. The lowest BCUT2D eigenvalue weighted by Crippen LogP contribution is -2.32. The maximum absolute atomic E-state index is 12.1. The number of hydrogen-bond acceptors (Lipinski definition) is 6. The summed E-state index contributed by atoms with van der Waals surface area (Å²) in [6.45, 7) is 11.8. The predicted octanol–water partition coefficient (Wildman–Crippen LogP) is 4.55. The zero-order valence-corrected chi connectivity index (χ0v) is 19.4. The fourth-order valence-electron chi connectivity index (χ4n) is 3.27. The van der Waals surface area contributed by atoms with E-state index in [1.165, 1.54) is 18.3 Å². The molecule has 0 bridgehead atoms. The Kier molecular flexibility index (Phi) is 9.19. The van der Waals surface area contributed by atoms with Gasteiger partial charge in [-0.05, 0) is 36.5 Å². The van der Waals surface area contributed by atoms with Gasteiger partial charge in [-0.3, -0.25) is 14.9 Å². The third-order valence-electron chi connectivity index (χ3n) is 4.58. The van der Waals surface area contributed by atoms with Crippen LogP contribution in [0.4, 0.5) is 11.4 Å². The van der Waals surface area contributed by atoms with Crippen molar-refractivity contribution in [1.29, 1.82) is 0 Å². The summed E-state index contributed by atoms with van der Waals surface area (Å²) in [4.78, 5) is 25.2. The molecule has 2 rings (SSSR count). The number of amides is 1. The van der Waals surface area contributed by atoms with Crippen LogP contribution in [0.2, 0.25) is 0 Å². The lowest BCUT2D eigenvalue weighted by Gasteiger charge is -2.29. The first kappa shape index (κ1) is 24.8. The zero-order chi connectivity index (χ0) is 23.7. The lowest BCUT2D eigenvalue weighted by atomic mass is 10.1. The average Bonchev–Trinajstić information content (AvgIpc) is 2.72. The minimum absolute atomic E-state index is 0.0292. The summed E-state index contributed by atoms with van der Waals surface area (Å²) in [6, 6.07) is 12.1. The van der Waals surface area contributed by atoms with Gasteiger partial charge in [0.25, 0.3) is 11.6 Å². The zero-order valence-electron chi connectivity index (χ0n) is 19.4. The maximum Gasteiger partial charge on any atom is 0.277 e. The summed E-state index contributed by atoms with van der Waals surface area (Å²) in [5.74, 6) is 1.03. The highest BCUT2D eigenvalue weighted by Crippen LogP contribution is 2.26. The van der Waals surface area contributed by atoms with Gasteiger partial charge in [-0.15, -0.1) is 0 Å². The molecular formula is C24H32N4O4. The number of hydrogen-bond donors (Lipinski definition) is 1. The van der Waals surface area contributed by atoms with Gasteiger partial charge in [0.05, 0.1) is 11.1 Å². The number of carbonyl (C=O) groups is 1. The number of non-ortho nitro benzene ring substituents is 1. The molecule has 0 atom stereocenters. The lowest BCUT2D eigenvalue weighted by molar-refractivity contribution is -0.384. The van der Waals surface area contributed by atoms with E-state index in [-0.39, 0.29) is 12.3 Å². The van der Waals surface area contributed by atoms with E-state index in [2.05, 4.69) is 43.1 Å². The van der Waals surface area contributed by atoms with Gasteiger partial charge < -0.3 is 9.64 Å². The quantitative estimate of drug-likeness (QED) is 0.314. The number of anilines is 1. The van der Waals surface area contributed by atoms with Gasteiger partial charge in [0, 0.05) is 36.5 Å². The Hall–Kier alpha value is -3.42. The van der Waals surface area contributed by atoms with Crippen LogP contribution in [0.3, 0.4) is 0 Å². The fourth-order valence-corrected chi connectivity index (χ4v) is 3.27. The molecule has 0 aromatic heterocycles. The number of nitro benzene ring substituents is 1. The van der Waals surface area contributed by atoms with Crippen molar-refractivity contribution >= 4 is 23.5 Å². The van der Waals surface area contributed by atoms with Crippen LogP contribution in [-0.2, 0) is 4.79 Å². The van der Waals surface area contributed by atoms with Gasteiger partial charge >= 0.3 is 0 Å². The Morgan fingerprint density at radius 2 is 1.81 bits per heavy atom. The molecule has 0 aliphatic carbocycles. The van der Waals surface area contributed by atoms with Crippen LogP contribution in [0, 0.1) is 28.9 Å². The van der Waals surface area contributed by atoms with E-state index in [9.17, 15) is 14.9 Å². The third kappa shape index (κ3) is 7.68. The SMILES string of the molecule is Cc1ccccc1OCC(=O)N/N=C/c1cc([N+](=O)[O-])ccc1N(CC(C)C)CC(C)C. The summed E-state index contributed by atoms with van der Waals surface area (Å²) in [5.41, 5.74) is 4.75. The van der Waals surface area contributed by atoms with Crippen LogP contribution >= 0.6 is 0 Å². The third-order valence-corrected chi connectivity index (χ3v) is 4.58. The molecule has 0 aliphatic heterocycles. The Morgan fingerprint density at radius 3 is 2.41 bits per heavy atom. The number of para-hydroxylation sites is 1. The number of nitrogens with zero attached hydrogens (tertiary/aromatic N) is 3. The standard InChI is InChI=1S/C24H32N4O4/c1-17(2)14-27(15-18(3)4)22-11-10-21(28(30)31)12-20(22)13-25-26-24(29)16-32-23-9-7-6-8-19(23)5/h6-13,17-18H,14-16H2,1-5H3,(H,26,29)/b25-13+. The summed E-state index contributed by atoms with van der Waals surface area (Å²) in [7, 11) is 0. The summed E-state index contributed by atoms with van der Waals surface area (Å²) in [5, 5.41) is 15.3. The Morgan fingerprint density at radius 1 is 1.16 bits per heavy atom. The van der Waals surface area contributed by atoms with Crippen LogP contribution in [0.25, 0.3) is 0 Å². The molecule has 0 aliphatic rings. The van der Waals surface area contributed by atoms with Gasteiger partial charge in [0.1, 0.15) is 5.75 Å². The molecule has 0 heterocycles. The van der Waals surface area contributed by atoms with Gasteiger partial charge in [-0.1, -0.05) is 45.9 Å². The molecule has 172 valence electrons. The second kappa shape index (κ2) is 11.8. The maximum atomic E-state index is 12.1. The molecule has 0 fully saturated rings. The van der Waals surface area contributed by atoms with E-state index in [0.717, 1.165) is 24.3 Å². The first-order valence-corrected chi connectivity index (χ1v) is 10.7. The summed E-state index contributed by atoms with van der Waals surface area (Å²) in [6.07, 6.45) is 1.45. The molecule has 2 aromatic carbocycles. The molecule has 1 N–H and O–H groups in total. The number of ether oxygens (including phenoxy) is 1. The minimum Gasteiger partial charge on any atom is -0.483 e. The van der Waals surface area contributed by atoms with Crippen molar-refractivity contribution in [3.8, 4) is 5.75 Å². The van der Waals surface area contributed by atoms with Crippen molar-refractivity contribution in [2.24, 2.45) is 16.9 Å². The van der Waals surface area contributed by atoms with Gasteiger partial charge in [0.2, 0.25) is 0 Å². The van der Waals surface area contributed by atoms with Crippen molar-refractivity contribution < 1.29 is 14.5 Å². The number of aryl methyl sites for hydroxylation is 1. The normalized spacial score (nSPS) is 11.2. The summed E-state index contributed by atoms with van der Waals surface area (Å²) >= 11 is 0. The highest BCUT2D eigenvalue weighted by molar-refractivity contribution is 5.90. The average molecular weight is 441 g/mol. The highest BCUT2D eigenvalue weighted by Gasteiger charge is 2.17. The van der Waals surface area contributed by atoms with Gasteiger partial charge in [-0.25, -0.2) is 5.43 Å². The van der Waals surface area contributed by atoms with E-state index < -0.39 is 10.8 Å². The minimum atomic E-state index is -0.440. The van der Waals surface area contributed by atoms with Crippen molar-refractivity contribution in [3.05, 3.63) is 63.7 Å². The van der Waals surface area contributed by atoms with Gasteiger partial charge in [0.15, 0.2) is 6.61 Å². The second-order valence-corrected chi connectivity index (χ2v) is 8.54. The number of hydrazone groups is 1. The number of carbonyl (C=O) groups excluding carboxylic acids is 1. The van der Waals surface area contributed by atoms with Crippen LogP contribution in [-0.4, -0.2) is 36.7 Å². The number of nitro groups is 1. The molecular weight excluding hydrogens is 408 g/mol. The van der Waals surface area contributed by atoms with E-state index in [0.29, 0.717) is 23.1 Å². The monoisotopic (exact) mass is 440 g/mol. The first-order chi connectivity index (χ1) is 15.2. The second-order valence-electron chi connectivity index (χ2n) is 8.54. The molecule has 32 heavy (non-hydrogen) atoms. The van der Waals surface area contributed by atoms with Crippen LogP contribution in [0.1, 0.15) is 38.8 Å². The van der Waals surface area contributed by atoms with Crippen molar-refractivity contribution in [2.75, 3.05) is 24.6 Å². The van der Waals surface area contributed by atoms with E-state index in [4.69, 9.17) is 4.74 Å². The van der Waals surface area contributed by atoms with Crippen molar-refractivity contribution in [1.82, 2.24) is 5.43 Å². The Balaban J connectivity index is 2.17. The van der Waals surface area contributed by atoms with Crippen LogP contribution < -0.4 is 15.1 Å². The van der Waals surface area contributed by atoms with E-state index in [1.54, 1.807) is 12.1 Å². The summed E-state index contributed by atoms with van der Waals surface area (Å²) < 4.78 is 5.52. The van der Waals surface area contributed by atoms with Crippen molar-refractivity contribution in [3.63, 3.8) is 0 Å². The molecule has 1 amide bonds. The molecule has 8 nitrogen and oxygen atoms in total. The van der Waals surface area contributed by atoms with Crippen LogP contribution in [0.15, 0.2) is 47.6 Å². The van der Waals surface area contributed by atoms with Crippen molar-refractivity contribution in [2.45, 2.75) is 34.6 Å². The first-order valence-electron chi connectivity index (χ1n) is 10.7. The van der Waals surface area contributed by atoms with Crippen LogP contribution in [0.5, 0.6) is 5.75 Å². The molecule has 0 spiro atoms. The highest BCUT2D eigenvalue weighted by atomic mass is 16.6. The molecule has 0 unspecified atom stereocenters. The fraction of sp³-hybridized carbons (Fsp3) is 0.417. The molecule has 8 heteroatoms. The number of nitrogens with one attached hydrogen (secondary N) is 1. The van der Waals surface area contributed by atoms with Gasteiger partial charge in [-0.2, -0.15) is 5.10 Å². The molecule has 0 radical (unpaired) electrons. The largest absolute Gasteiger partial charge is 0.483 e. The van der Waals surface area contributed by atoms with E-state index in [1.807, 2.05) is 25.1 Å². The molecule has 0 saturated carbocycles. The van der Waals surface area contributed by atoms with E-state index >= 15 is 0 Å². The Labute approximate surface area is 189 Å². The Bertz CT molecular complexity index is 947. The topological polar surface area (TPSA) is 97.1 Å². The predicted molar refractivity (Wildman–Crippen MR) is 127 cm³/mol. The smallest absolute Gasteiger partial charge is 0.277 e. The number of rotatable bonds is 11. The number of benzene rings is 2.